The summed E-state index contributed by atoms with van der Waals surface area (Å²) in [6.45, 7) is 2.06. The number of amides is 1. The van der Waals surface area contributed by atoms with Gasteiger partial charge in [0.25, 0.3) is 0 Å². The van der Waals surface area contributed by atoms with Crippen LogP contribution in [0.5, 0.6) is 0 Å². The lowest BCUT2D eigenvalue weighted by atomic mass is 10.1. The van der Waals surface area contributed by atoms with Gasteiger partial charge in [0.1, 0.15) is 0 Å². The fourth-order valence-electron chi connectivity index (χ4n) is 1.93. The quantitative estimate of drug-likeness (QED) is 0.765. The largest absolute Gasteiger partial charge is 0.325 e. The summed E-state index contributed by atoms with van der Waals surface area (Å²) in [5, 5.41) is 2.92. The molecule has 1 N–H and O–H groups in total. The highest BCUT2D eigenvalue weighted by Crippen LogP contribution is 2.26. The minimum Gasteiger partial charge on any atom is -0.325 e. The molecule has 1 amide bonds. The molecule has 2 aromatic rings. The Morgan fingerprint density at radius 1 is 1.15 bits per heavy atom. The Balaban J connectivity index is 1.92. The Labute approximate surface area is 135 Å². The van der Waals surface area contributed by atoms with Gasteiger partial charge < -0.3 is 5.32 Å². The van der Waals surface area contributed by atoms with Gasteiger partial charge in [-0.2, -0.15) is 0 Å². The number of benzene rings is 2. The molecule has 2 aromatic carbocycles. The molecule has 4 heteroatoms. The van der Waals surface area contributed by atoms with Crippen LogP contribution in [0.2, 0.25) is 0 Å². The Morgan fingerprint density at radius 3 is 2.65 bits per heavy atom. The number of carbonyl (C=O) groups is 1. The number of anilines is 1. The molecule has 20 heavy (non-hydrogen) atoms. The van der Waals surface area contributed by atoms with Crippen LogP contribution in [-0.4, -0.2) is 5.91 Å². The second-order valence-corrected chi connectivity index (χ2v) is 6.43. The summed E-state index contributed by atoms with van der Waals surface area (Å²) in [7, 11) is 0. The third-order valence-corrected chi connectivity index (χ3v) is 4.08. The van der Waals surface area contributed by atoms with E-state index in [0.717, 1.165) is 21.1 Å². The van der Waals surface area contributed by atoms with E-state index in [2.05, 4.69) is 62.3 Å². The number of halogens is 2. The molecule has 0 fully saturated rings. The van der Waals surface area contributed by atoms with Crippen molar-refractivity contribution in [2.45, 2.75) is 19.8 Å². The fraction of sp³-hybridized carbons (Fsp3) is 0.188. The maximum atomic E-state index is 12.0. The highest BCUT2D eigenvalue weighted by atomic mass is 79.9. The molecule has 0 spiro atoms. The summed E-state index contributed by atoms with van der Waals surface area (Å²) in [5.41, 5.74) is 3.20. The van der Waals surface area contributed by atoms with Crippen LogP contribution in [0.3, 0.4) is 0 Å². The van der Waals surface area contributed by atoms with Crippen LogP contribution in [0.4, 0.5) is 5.69 Å². The first-order chi connectivity index (χ1) is 9.54. The second kappa shape index (κ2) is 7.04. The highest BCUT2D eigenvalue weighted by Gasteiger charge is 2.06. The van der Waals surface area contributed by atoms with Gasteiger partial charge in [0.2, 0.25) is 5.91 Å². The van der Waals surface area contributed by atoms with Gasteiger partial charge in [-0.05, 0) is 53.0 Å². The van der Waals surface area contributed by atoms with Crippen molar-refractivity contribution in [1.82, 2.24) is 0 Å². The third kappa shape index (κ3) is 4.46. The van der Waals surface area contributed by atoms with Gasteiger partial charge >= 0.3 is 0 Å². The number of aryl methyl sites for hydroxylation is 2. The molecule has 2 nitrogen and oxygen atoms in total. The standard InChI is InChI=1S/C16H15Br2NO/c1-11-3-2-4-12(9-11)5-8-16(20)19-15-7-6-13(17)10-14(15)18/h2-4,6-7,9-10H,5,8H2,1H3,(H,19,20). The zero-order valence-corrected chi connectivity index (χ0v) is 14.3. The fourth-order valence-corrected chi connectivity index (χ4v) is 3.08. The van der Waals surface area contributed by atoms with Gasteiger partial charge in [-0.25, -0.2) is 0 Å². The van der Waals surface area contributed by atoms with E-state index in [1.165, 1.54) is 11.1 Å². The molecule has 0 aromatic heterocycles. The van der Waals surface area contributed by atoms with Gasteiger partial charge in [0.15, 0.2) is 0 Å². The molecule has 0 heterocycles. The molecule has 0 bridgehead atoms. The average Bonchev–Trinajstić information content (AvgIpc) is 2.40. The van der Waals surface area contributed by atoms with Crippen molar-refractivity contribution in [3.8, 4) is 0 Å². The normalized spacial score (nSPS) is 10.3. The molecule has 2 rings (SSSR count). The van der Waals surface area contributed by atoms with E-state index < -0.39 is 0 Å². The van der Waals surface area contributed by atoms with Crippen molar-refractivity contribution in [3.05, 3.63) is 62.5 Å². The Kier molecular flexibility index (Phi) is 5.38. The summed E-state index contributed by atoms with van der Waals surface area (Å²) in [6.07, 6.45) is 1.23. The van der Waals surface area contributed by atoms with Crippen molar-refractivity contribution in [3.63, 3.8) is 0 Å². The SMILES string of the molecule is Cc1cccc(CCC(=O)Nc2ccc(Br)cc2Br)c1. The minimum absolute atomic E-state index is 0.0227. The zero-order valence-electron chi connectivity index (χ0n) is 11.1. The number of nitrogens with one attached hydrogen (secondary N) is 1. The summed E-state index contributed by atoms with van der Waals surface area (Å²) in [6, 6.07) is 13.9. The van der Waals surface area contributed by atoms with Crippen molar-refractivity contribution in [2.75, 3.05) is 5.32 Å². The van der Waals surface area contributed by atoms with Gasteiger partial charge in [0, 0.05) is 15.4 Å². The highest BCUT2D eigenvalue weighted by molar-refractivity contribution is 9.11. The summed E-state index contributed by atoms with van der Waals surface area (Å²) >= 11 is 6.82. The third-order valence-electron chi connectivity index (χ3n) is 2.93. The van der Waals surface area contributed by atoms with Crippen molar-refractivity contribution in [2.24, 2.45) is 0 Å². The van der Waals surface area contributed by atoms with E-state index in [4.69, 9.17) is 0 Å². The number of rotatable bonds is 4. The van der Waals surface area contributed by atoms with Crippen molar-refractivity contribution >= 4 is 43.5 Å². The van der Waals surface area contributed by atoms with Crippen LogP contribution >= 0.6 is 31.9 Å². The van der Waals surface area contributed by atoms with E-state index in [-0.39, 0.29) is 5.91 Å². The lowest BCUT2D eigenvalue weighted by molar-refractivity contribution is -0.116. The van der Waals surface area contributed by atoms with Gasteiger partial charge in [-0.15, -0.1) is 0 Å². The first kappa shape index (κ1) is 15.3. The number of hydrogen-bond donors (Lipinski definition) is 1. The molecule has 0 saturated heterocycles. The van der Waals surface area contributed by atoms with E-state index in [9.17, 15) is 4.79 Å². The molecule has 0 aliphatic carbocycles. The molecule has 0 unspecified atom stereocenters. The Morgan fingerprint density at radius 2 is 1.95 bits per heavy atom. The molecule has 0 aliphatic rings. The van der Waals surface area contributed by atoms with Gasteiger partial charge in [-0.3, -0.25) is 4.79 Å². The molecule has 104 valence electrons. The lowest BCUT2D eigenvalue weighted by Gasteiger charge is -2.08. The van der Waals surface area contributed by atoms with Gasteiger partial charge in [0.05, 0.1) is 5.69 Å². The van der Waals surface area contributed by atoms with Crippen LogP contribution in [0.1, 0.15) is 17.5 Å². The monoisotopic (exact) mass is 395 g/mol. The Hall–Kier alpha value is -1.13. The van der Waals surface area contributed by atoms with E-state index in [1.807, 2.05) is 24.3 Å². The van der Waals surface area contributed by atoms with Crippen LogP contribution in [0.25, 0.3) is 0 Å². The van der Waals surface area contributed by atoms with Crippen LogP contribution in [0, 0.1) is 6.92 Å². The first-order valence-electron chi connectivity index (χ1n) is 6.35. The van der Waals surface area contributed by atoms with Crippen LogP contribution in [-0.2, 0) is 11.2 Å². The molecule has 0 radical (unpaired) electrons. The number of carbonyl (C=O) groups excluding carboxylic acids is 1. The predicted octanol–water partition coefficient (Wildman–Crippen LogP) is 5.09. The van der Waals surface area contributed by atoms with Gasteiger partial charge in [-0.1, -0.05) is 45.8 Å². The maximum Gasteiger partial charge on any atom is 0.224 e. The topological polar surface area (TPSA) is 29.1 Å². The summed E-state index contributed by atoms with van der Waals surface area (Å²) in [5.74, 6) is 0.0227. The number of hydrogen-bond acceptors (Lipinski definition) is 1. The lowest BCUT2D eigenvalue weighted by Crippen LogP contribution is -2.12. The Bertz CT molecular complexity index is 626. The first-order valence-corrected chi connectivity index (χ1v) is 7.93. The molecule has 0 atom stereocenters. The second-order valence-electron chi connectivity index (χ2n) is 4.66. The molecular formula is C16H15Br2NO. The summed E-state index contributed by atoms with van der Waals surface area (Å²) < 4.78 is 1.85. The maximum absolute atomic E-state index is 12.0. The van der Waals surface area contributed by atoms with E-state index in [1.54, 1.807) is 0 Å². The van der Waals surface area contributed by atoms with Crippen LogP contribution < -0.4 is 5.32 Å². The van der Waals surface area contributed by atoms with E-state index in [0.29, 0.717) is 6.42 Å². The van der Waals surface area contributed by atoms with E-state index >= 15 is 0 Å². The smallest absolute Gasteiger partial charge is 0.224 e. The zero-order chi connectivity index (χ0) is 14.5. The van der Waals surface area contributed by atoms with Crippen molar-refractivity contribution < 1.29 is 4.79 Å². The minimum atomic E-state index is 0.0227. The predicted molar refractivity (Wildman–Crippen MR) is 90.0 cm³/mol. The van der Waals surface area contributed by atoms with Crippen molar-refractivity contribution in [1.29, 1.82) is 0 Å². The molecule has 0 saturated carbocycles. The molecule has 0 aliphatic heterocycles. The summed E-state index contributed by atoms with van der Waals surface area (Å²) in [4.78, 5) is 12.0. The molecular weight excluding hydrogens is 382 g/mol. The van der Waals surface area contributed by atoms with Crippen LogP contribution in [0.15, 0.2) is 51.4 Å². The average molecular weight is 397 g/mol.